The molecule has 1 N–H and O–H groups in total. The molecule has 1 aliphatic rings. The van der Waals surface area contributed by atoms with Gasteiger partial charge in [0.2, 0.25) is 0 Å². The molecule has 1 aliphatic heterocycles. The number of nitrogens with zero attached hydrogens (tertiary/aromatic N) is 2. The van der Waals surface area contributed by atoms with Gasteiger partial charge in [-0.15, -0.1) is 0 Å². The molecule has 1 aromatic heterocycles. The first-order chi connectivity index (χ1) is 13.1. The summed E-state index contributed by atoms with van der Waals surface area (Å²) in [6.07, 6.45) is 0. The number of para-hydroxylation sites is 2. The standard InChI is InChI=1S/C21H12FN3O2/c22-15-5-3-4-14-18(15)21(27)25(20(14)26)13-10-8-12(9-11-13)19-23-16-6-1-2-7-17(16)24-19/h1-11H,(H,23,24). The largest absolute Gasteiger partial charge is 0.338 e. The average molecular weight is 357 g/mol. The van der Waals surface area contributed by atoms with Crippen molar-refractivity contribution in [3.05, 3.63) is 83.7 Å². The number of aromatic amines is 1. The fourth-order valence-electron chi connectivity index (χ4n) is 3.34. The van der Waals surface area contributed by atoms with Crippen LogP contribution < -0.4 is 4.90 Å². The number of fused-ring (bicyclic) bond motifs is 2. The molecule has 4 aromatic rings. The number of aromatic nitrogens is 2. The maximum atomic E-state index is 14.0. The van der Waals surface area contributed by atoms with Crippen LogP contribution in [-0.2, 0) is 0 Å². The highest BCUT2D eigenvalue weighted by atomic mass is 19.1. The van der Waals surface area contributed by atoms with E-state index in [9.17, 15) is 14.0 Å². The molecule has 0 bridgehead atoms. The van der Waals surface area contributed by atoms with Gasteiger partial charge in [0.1, 0.15) is 11.6 Å². The van der Waals surface area contributed by atoms with Crippen molar-refractivity contribution < 1.29 is 14.0 Å². The van der Waals surface area contributed by atoms with Gasteiger partial charge in [0, 0.05) is 5.56 Å². The summed E-state index contributed by atoms with van der Waals surface area (Å²) in [6.45, 7) is 0. The molecule has 0 radical (unpaired) electrons. The highest BCUT2D eigenvalue weighted by Crippen LogP contribution is 2.31. The first-order valence-corrected chi connectivity index (χ1v) is 8.36. The van der Waals surface area contributed by atoms with Gasteiger partial charge in [0.05, 0.1) is 27.8 Å². The molecule has 3 aromatic carbocycles. The molecule has 0 atom stereocenters. The third-order valence-electron chi connectivity index (χ3n) is 4.65. The van der Waals surface area contributed by atoms with E-state index in [1.165, 1.54) is 18.2 Å². The molecule has 0 spiro atoms. The Balaban J connectivity index is 1.52. The lowest BCUT2D eigenvalue weighted by Gasteiger charge is -2.14. The van der Waals surface area contributed by atoms with Gasteiger partial charge in [0.15, 0.2) is 0 Å². The molecular weight excluding hydrogens is 345 g/mol. The topological polar surface area (TPSA) is 66.1 Å². The van der Waals surface area contributed by atoms with E-state index in [4.69, 9.17) is 0 Å². The molecule has 0 saturated heterocycles. The summed E-state index contributed by atoms with van der Waals surface area (Å²) in [7, 11) is 0. The monoisotopic (exact) mass is 357 g/mol. The van der Waals surface area contributed by atoms with Crippen molar-refractivity contribution in [2.24, 2.45) is 0 Å². The number of halogens is 1. The van der Waals surface area contributed by atoms with Crippen LogP contribution in [0.25, 0.3) is 22.4 Å². The SMILES string of the molecule is O=C1c2cccc(F)c2C(=O)N1c1ccc(-c2nc3ccccc3[nH]2)cc1. The Morgan fingerprint density at radius 1 is 0.852 bits per heavy atom. The Bertz CT molecular complexity index is 1190. The number of hydrogen-bond donors (Lipinski definition) is 1. The lowest BCUT2D eigenvalue weighted by Crippen LogP contribution is -2.29. The number of carbonyl (C=O) groups is 2. The van der Waals surface area contributed by atoms with E-state index in [1.54, 1.807) is 24.3 Å². The smallest absolute Gasteiger partial charge is 0.269 e. The van der Waals surface area contributed by atoms with Crippen LogP contribution >= 0.6 is 0 Å². The first kappa shape index (κ1) is 15.5. The van der Waals surface area contributed by atoms with Crippen LogP contribution in [0.2, 0.25) is 0 Å². The minimum absolute atomic E-state index is 0.0846. The van der Waals surface area contributed by atoms with Crippen molar-refractivity contribution in [2.45, 2.75) is 0 Å². The van der Waals surface area contributed by atoms with Gasteiger partial charge >= 0.3 is 0 Å². The summed E-state index contributed by atoms with van der Waals surface area (Å²) in [5, 5.41) is 0. The Hall–Kier alpha value is -3.80. The van der Waals surface area contributed by atoms with E-state index in [-0.39, 0.29) is 11.1 Å². The van der Waals surface area contributed by atoms with Gasteiger partial charge in [-0.3, -0.25) is 9.59 Å². The number of carbonyl (C=O) groups excluding carboxylic acids is 2. The van der Waals surface area contributed by atoms with E-state index < -0.39 is 17.6 Å². The quantitative estimate of drug-likeness (QED) is 0.548. The Kier molecular flexibility index (Phi) is 3.21. The molecule has 130 valence electrons. The van der Waals surface area contributed by atoms with E-state index in [2.05, 4.69) is 9.97 Å². The zero-order valence-corrected chi connectivity index (χ0v) is 13.9. The van der Waals surface area contributed by atoms with Crippen LogP contribution in [-0.4, -0.2) is 21.8 Å². The van der Waals surface area contributed by atoms with Gasteiger partial charge in [-0.2, -0.15) is 0 Å². The average Bonchev–Trinajstić information content (AvgIpc) is 3.22. The van der Waals surface area contributed by atoms with Crippen molar-refractivity contribution in [1.29, 1.82) is 0 Å². The zero-order chi connectivity index (χ0) is 18.5. The Morgan fingerprint density at radius 2 is 1.63 bits per heavy atom. The second-order valence-corrected chi connectivity index (χ2v) is 6.26. The summed E-state index contributed by atoms with van der Waals surface area (Å²) in [5.41, 5.74) is 2.89. The number of hydrogen-bond acceptors (Lipinski definition) is 3. The predicted molar refractivity (Wildman–Crippen MR) is 99.1 cm³/mol. The van der Waals surface area contributed by atoms with Crippen molar-refractivity contribution in [3.63, 3.8) is 0 Å². The molecular formula is C21H12FN3O2. The maximum absolute atomic E-state index is 14.0. The lowest BCUT2D eigenvalue weighted by atomic mass is 10.1. The number of H-pyrrole nitrogens is 1. The molecule has 27 heavy (non-hydrogen) atoms. The van der Waals surface area contributed by atoms with E-state index in [1.807, 2.05) is 24.3 Å². The minimum atomic E-state index is -0.688. The fraction of sp³-hybridized carbons (Fsp3) is 0. The van der Waals surface area contributed by atoms with Crippen LogP contribution in [0.3, 0.4) is 0 Å². The van der Waals surface area contributed by atoms with Crippen molar-refractivity contribution >= 4 is 28.5 Å². The van der Waals surface area contributed by atoms with Crippen LogP contribution in [0, 0.1) is 5.82 Å². The van der Waals surface area contributed by atoms with Gasteiger partial charge < -0.3 is 4.98 Å². The predicted octanol–water partition coefficient (Wildman–Crippen LogP) is 4.17. The van der Waals surface area contributed by atoms with Crippen molar-refractivity contribution in [2.75, 3.05) is 4.90 Å². The number of rotatable bonds is 2. The highest BCUT2D eigenvalue weighted by molar-refractivity contribution is 6.34. The summed E-state index contributed by atoms with van der Waals surface area (Å²) < 4.78 is 14.0. The normalized spacial score (nSPS) is 13.4. The van der Waals surface area contributed by atoms with Gasteiger partial charge in [-0.25, -0.2) is 14.3 Å². The van der Waals surface area contributed by atoms with E-state index >= 15 is 0 Å². The molecule has 0 fully saturated rings. The number of imidazole rings is 1. The van der Waals surface area contributed by atoms with Crippen molar-refractivity contribution in [3.8, 4) is 11.4 Å². The molecule has 6 heteroatoms. The number of nitrogens with one attached hydrogen (secondary N) is 1. The van der Waals surface area contributed by atoms with E-state index in [0.29, 0.717) is 11.5 Å². The summed E-state index contributed by atoms with van der Waals surface area (Å²) in [6, 6.07) is 18.6. The summed E-state index contributed by atoms with van der Waals surface area (Å²) in [5.74, 6) is -1.17. The summed E-state index contributed by atoms with van der Waals surface area (Å²) >= 11 is 0. The summed E-state index contributed by atoms with van der Waals surface area (Å²) in [4.78, 5) is 33.9. The second-order valence-electron chi connectivity index (χ2n) is 6.26. The Labute approximate surface area is 153 Å². The van der Waals surface area contributed by atoms with Gasteiger partial charge in [-0.1, -0.05) is 18.2 Å². The molecule has 0 saturated carbocycles. The molecule has 2 amide bonds. The third kappa shape index (κ3) is 2.27. The number of imide groups is 1. The molecule has 5 rings (SSSR count). The molecule has 0 aliphatic carbocycles. The molecule has 5 nitrogen and oxygen atoms in total. The molecule has 2 heterocycles. The zero-order valence-electron chi connectivity index (χ0n) is 13.9. The van der Waals surface area contributed by atoms with Crippen LogP contribution in [0.5, 0.6) is 0 Å². The minimum Gasteiger partial charge on any atom is -0.338 e. The third-order valence-corrected chi connectivity index (χ3v) is 4.65. The number of benzene rings is 3. The van der Waals surface area contributed by atoms with Crippen LogP contribution in [0.1, 0.15) is 20.7 Å². The second kappa shape index (κ2) is 5.60. The number of amides is 2. The first-order valence-electron chi connectivity index (χ1n) is 8.36. The van der Waals surface area contributed by atoms with E-state index in [0.717, 1.165) is 21.5 Å². The highest BCUT2D eigenvalue weighted by Gasteiger charge is 2.38. The maximum Gasteiger partial charge on any atom is 0.269 e. The van der Waals surface area contributed by atoms with Gasteiger partial charge in [-0.05, 0) is 48.5 Å². The number of anilines is 1. The van der Waals surface area contributed by atoms with Gasteiger partial charge in [0.25, 0.3) is 11.8 Å². The fourth-order valence-corrected chi connectivity index (χ4v) is 3.34. The Morgan fingerprint density at radius 3 is 2.37 bits per heavy atom. The van der Waals surface area contributed by atoms with Crippen molar-refractivity contribution in [1.82, 2.24) is 9.97 Å². The van der Waals surface area contributed by atoms with Crippen LogP contribution in [0.15, 0.2) is 66.7 Å². The van der Waals surface area contributed by atoms with Crippen LogP contribution in [0.4, 0.5) is 10.1 Å². The lowest BCUT2D eigenvalue weighted by molar-refractivity contribution is 0.0925. The molecule has 0 unspecified atom stereocenters.